The van der Waals surface area contributed by atoms with Crippen molar-refractivity contribution < 1.29 is 9.84 Å². The first-order valence-electron chi connectivity index (χ1n) is 14.1. The number of fused-ring (bicyclic) bond motifs is 7. The predicted octanol–water partition coefficient (Wildman–Crippen LogP) is 7.79. The first kappa shape index (κ1) is 24.4. The summed E-state index contributed by atoms with van der Waals surface area (Å²) in [6, 6.07) is 0. The molecule has 5 aliphatic rings. The van der Waals surface area contributed by atoms with Gasteiger partial charge in [0.2, 0.25) is 0 Å². The molecule has 33 heavy (non-hydrogen) atoms. The van der Waals surface area contributed by atoms with Crippen LogP contribution < -0.4 is 0 Å². The van der Waals surface area contributed by atoms with Crippen molar-refractivity contribution in [2.45, 2.75) is 125 Å². The smallest absolute Gasteiger partial charge is 0.0793 e. The van der Waals surface area contributed by atoms with Crippen LogP contribution in [0.5, 0.6) is 0 Å². The fraction of sp³-hybridized carbons (Fsp3) is 0.935. The Morgan fingerprint density at radius 2 is 1.52 bits per heavy atom. The number of aliphatic hydroxyl groups is 1. The molecule has 4 fully saturated rings. The van der Waals surface area contributed by atoms with Crippen LogP contribution in [0.2, 0.25) is 0 Å². The second-order valence-corrected chi connectivity index (χ2v) is 15.6. The van der Waals surface area contributed by atoms with Crippen molar-refractivity contribution in [3.8, 4) is 0 Å². The second-order valence-electron chi connectivity index (χ2n) is 15.6. The summed E-state index contributed by atoms with van der Waals surface area (Å²) in [6.07, 6.45) is 14.1. The van der Waals surface area contributed by atoms with Crippen LogP contribution in [0.25, 0.3) is 0 Å². The van der Waals surface area contributed by atoms with Crippen LogP contribution in [0.1, 0.15) is 113 Å². The van der Waals surface area contributed by atoms with Crippen molar-refractivity contribution in [3.63, 3.8) is 0 Å². The van der Waals surface area contributed by atoms with Crippen LogP contribution in [0, 0.1) is 50.2 Å². The lowest BCUT2D eigenvalue weighted by Gasteiger charge is -2.72. The minimum absolute atomic E-state index is 0.0178. The van der Waals surface area contributed by atoms with E-state index in [4.69, 9.17) is 4.74 Å². The average Bonchev–Trinajstić information content (AvgIpc) is 2.72. The molecule has 0 aromatic heterocycles. The van der Waals surface area contributed by atoms with E-state index in [9.17, 15) is 5.11 Å². The van der Waals surface area contributed by atoms with E-state index in [0.717, 1.165) is 12.8 Å². The van der Waals surface area contributed by atoms with Gasteiger partial charge in [0, 0.05) is 13.0 Å². The third kappa shape index (κ3) is 3.04. The van der Waals surface area contributed by atoms with Gasteiger partial charge in [0.1, 0.15) is 0 Å². The van der Waals surface area contributed by atoms with E-state index >= 15 is 0 Å². The zero-order valence-corrected chi connectivity index (χ0v) is 23.2. The highest BCUT2D eigenvalue weighted by Crippen LogP contribution is 2.75. The van der Waals surface area contributed by atoms with Gasteiger partial charge in [-0.2, -0.15) is 0 Å². The molecule has 0 spiro atoms. The summed E-state index contributed by atoms with van der Waals surface area (Å²) < 4.78 is 6.45. The van der Waals surface area contributed by atoms with E-state index in [1.165, 1.54) is 44.9 Å². The van der Waals surface area contributed by atoms with Gasteiger partial charge in [-0.3, -0.25) is 0 Å². The third-order valence-electron chi connectivity index (χ3n) is 13.2. The number of allylic oxidation sites excluding steroid dienone is 1. The highest BCUT2D eigenvalue weighted by atomic mass is 16.5. The van der Waals surface area contributed by atoms with Crippen molar-refractivity contribution >= 4 is 0 Å². The lowest BCUT2D eigenvalue weighted by atomic mass is 9.33. The van der Waals surface area contributed by atoms with Crippen LogP contribution in [-0.2, 0) is 4.74 Å². The number of ether oxygens (including phenoxy) is 1. The first-order valence-corrected chi connectivity index (χ1v) is 14.1. The molecule has 2 heteroatoms. The number of aliphatic hydroxyl groups excluding tert-OH is 1. The van der Waals surface area contributed by atoms with E-state index in [-0.39, 0.29) is 33.9 Å². The molecule has 0 heterocycles. The molecule has 5 aliphatic carbocycles. The fourth-order valence-electron chi connectivity index (χ4n) is 10.8. The minimum atomic E-state index is -0.175. The molecule has 0 aromatic carbocycles. The molecule has 4 saturated carbocycles. The summed E-state index contributed by atoms with van der Waals surface area (Å²) in [4.78, 5) is 0. The lowest BCUT2D eigenvalue weighted by Crippen LogP contribution is -2.67. The fourth-order valence-corrected chi connectivity index (χ4v) is 10.8. The Hall–Kier alpha value is -0.340. The Kier molecular flexibility index (Phi) is 5.25. The standard InChI is InChI=1S/C31H52O2/c1-26(2)14-15-28(5)16-17-30(7)20(21(28)19-26)18-22(33-9)25-29(6)12-11-24(32)27(3,4)23(29)10-13-31(25,30)8/h18,21-25,32H,10-17,19H2,1-9H3. The maximum absolute atomic E-state index is 11.0. The Labute approximate surface area is 204 Å². The Morgan fingerprint density at radius 1 is 0.848 bits per heavy atom. The van der Waals surface area contributed by atoms with Crippen molar-refractivity contribution in [2.75, 3.05) is 7.11 Å². The molecule has 0 saturated heterocycles. The van der Waals surface area contributed by atoms with Crippen molar-refractivity contribution in [1.29, 1.82) is 0 Å². The number of hydrogen-bond donors (Lipinski definition) is 1. The monoisotopic (exact) mass is 456 g/mol. The highest BCUT2D eigenvalue weighted by Gasteiger charge is 2.69. The van der Waals surface area contributed by atoms with Crippen molar-refractivity contribution in [2.24, 2.45) is 50.2 Å². The van der Waals surface area contributed by atoms with Gasteiger partial charge in [-0.05, 0) is 102 Å². The molecule has 188 valence electrons. The first-order chi connectivity index (χ1) is 15.1. The van der Waals surface area contributed by atoms with Gasteiger partial charge in [-0.15, -0.1) is 0 Å². The Bertz CT molecular complexity index is 840. The van der Waals surface area contributed by atoms with Gasteiger partial charge in [-0.1, -0.05) is 67.0 Å². The van der Waals surface area contributed by atoms with E-state index in [1.54, 1.807) is 5.57 Å². The van der Waals surface area contributed by atoms with Crippen molar-refractivity contribution in [3.05, 3.63) is 11.6 Å². The number of hydrogen-bond acceptors (Lipinski definition) is 2. The van der Waals surface area contributed by atoms with Crippen LogP contribution in [0.15, 0.2) is 11.6 Å². The van der Waals surface area contributed by atoms with E-state index in [1.807, 2.05) is 7.11 Å². The van der Waals surface area contributed by atoms with Gasteiger partial charge in [0.15, 0.2) is 0 Å². The summed E-state index contributed by atoms with van der Waals surface area (Å²) in [5, 5.41) is 11.0. The molecule has 1 N–H and O–H groups in total. The average molecular weight is 457 g/mol. The van der Waals surface area contributed by atoms with Crippen LogP contribution in [0.4, 0.5) is 0 Å². The summed E-state index contributed by atoms with van der Waals surface area (Å²) in [7, 11) is 1.97. The van der Waals surface area contributed by atoms with Gasteiger partial charge in [0.25, 0.3) is 0 Å². The highest BCUT2D eigenvalue weighted by molar-refractivity contribution is 5.35. The third-order valence-corrected chi connectivity index (χ3v) is 13.2. The Morgan fingerprint density at radius 3 is 2.18 bits per heavy atom. The van der Waals surface area contributed by atoms with Gasteiger partial charge >= 0.3 is 0 Å². The molecular weight excluding hydrogens is 404 g/mol. The molecule has 0 radical (unpaired) electrons. The van der Waals surface area contributed by atoms with Gasteiger partial charge < -0.3 is 9.84 Å². The molecule has 2 nitrogen and oxygen atoms in total. The van der Waals surface area contributed by atoms with Gasteiger partial charge in [-0.25, -0.2) is 0 Å². The normalized spacial score (nSPS) is 54.8. The Balaban J connectivity index is 1.65. The minimum Gasteiger partial charge on any atom is -0.393 e. The van der Waals surface area contributed by atoms with E-state index in [2.05, 4.69) is 61.5 Å². The maximum Gasteiger partial charge on any atom is 0.0793 e. The number of methoxy groups -OCH3 is 1. The predicted molar refractivity (Wildman–Crippen MR) is 137 cm³/mol. The zero-order valence-electron chi connectivity index (χ0n) is 23.2. The summed E-state index contributed by atoms with van der Waals surface area (Å²) in [6.45, 7) is 20.2. The molecule has 0 amide bonds. The summed E-state index contributed by atoms with van der Waals surface area (Å²) in [5.74, 6) is 1.78. The summed E-state index contributed by atoms with van der Waals surface area (Å²) >= 11 is 0. The second kappa shape index (κ2) is 7.12. The van der Waals surface area contributed by atoms with Gasteiger partial charge in [0.05, 0.1) is 12.2 Å². The molecule has 9 unspecified atom stereocenters. The quantitative estimate of drug-likeness (QED) is 0.408. The van der Waals surface area contributed by atoms with E-state index < -0.39 is 0 Å². The number of rotatable bonds is 1. The molecule has 0 bridgehead atoms. The zero-order chi connectivity index (χ0) is 24.2. The molecule has 0 aromatic rings. The van der Waals surface area contributed by atoms with Crippen LogP contribution in [0.3, 0.4) is 0 Å². The lowest BCUT2D eigenvalue weighted by molar-refractivity contribution is -0.228. The van der Waals surface area contributed by atoms with E-state index in [0.29, 0.717) is 28.6 Å². The van der Waals surface area contributed by atoms with Crippen molar-refractivity contribution in [1.82, 2.24) is 0 Å². The molecule has 9 atom stereocenters. The molecule has 5 rings (SSSR count). The summed E-state index contributed by atoms with van der Waals surface area (Å²) in [5.41, 5.74) is 3.39. The topological polar surface area (TPSA) is 29.5 Å². The largest absolute Gasteiger partial charge is 0.393 e. The molecule has 0 aliphatic heterocycles. The molecular formula is C31H52O2. The SMILES string of the molecule is COC1C=C2C3CC(C)(C)CCC3(C)CCC2(C)C2(C)CCC3C(C)(C)C(O)CCC3(C)C12. The van der Waals surface area contributed by atoms with Crippen LogP contribution in [-0.4, -0.2) is 24.4 Å². The van der Waals surface area contributed by atoms with Crippen LogP contribution >= 0.6 is 0 Å². The maximum atomic E-state index is 11.0.